The zero-order valence-corrected chi connectivity index (χ0v) is 15.1. The first kappa shape index (κ1) is 16.9. The van der Waals surface area contributed by atoms with Crippen molar-refractivity contribution in [3.63, 3.8) is 0 Å². The molecule has 0 saturated heterocycles. The van der Waals surface area contributed by atoms with Crippen LogP contribution in [0.25, 0.3) is 0 Å². The van der Waals surface area contributed by atoms with Crippen molar-refractivity contribution in [2.24, 2.45) is 0 Å². The molecule has 1 aromatic heterocycles. The Morgan fingerprint density at radius 3 is 2.38 bits per heavy atom. The summed E-state index contributed by atoms with van der Waals surface area (Å²) in [6, 6.07) is 3.74. The highest BCUT2D eigenvalue weighted by Gasteiger charge is 2.32. The molecule has 1 aromatic carbocycles. The predicted octanol–water partition coefficient (Wildman–Crippen LogP) is 1.75. The van der Waals surface area contributed by atoms with E-state index in [0.717, 1.165) is 16.7 Å². The molecular formula is C17H21N3O3S. The van der Waals surface area contributed by atoms with Crippen LogP contribution < -0.4 is 5.56 Å². The molecule has 0 saturated carbocycles. The number of nitrogens with one attached hydrogen (secondary N) is 1. The van der Waals surface area contributed by atoms with E-state index in [-0.39, 0.29) is 12.1 Å². The van der Waals surface area contributed by atoms with Gasteiger partial charge in [0.05, 0.1) is 16.2 Å². The van der Waals surface area contributed by atoms with Gasteiger partial charge in [-0.2, -0.15) is 4.31 Å². The van der Waals surface area contributed by atoms with Gasteiger partial charge in [-0.25, -0.2) is 13.4 Å². The highest BCUT2D eigenvalue weighted by atomic mass is 32.2. The number of aryl methyl sites for hydroxylation is 4. The van der Waals surface area contributed by atoms with Crippen molar-refractivity contribution in [2.45, 2.75) is 45.6 Å². The zero-order chi connectivity index (χ0) is 17.6. The molecule has 6 nitrogen and oxygen atoms in total. The Bertz CT molecular complexity index is 954. The third kappa shape index (κ3) is 2.78. The molecule has 1 N–H and O–H groups in total. The zero-order valence-electron chi connectivity index (χ0n) is 14.3. The topological polar surface area (TPSA) is 83.1 Å². The van der Waals surface area contributed by atoms with Gasteiger partial charge in [0.15, 0.2) is 0 Å². The number of hydrogen-bond donors (Lipinski definition) is 1. The maximum absolute atomic E-state index is 13.1. The van der Waals surface area contributed by atoms with Crippen molar-refractivity contribution < 1.29 is 8.42 Å². The minimum Gasteiger partial charge on any atom is -0.310 e. The second-order valence-electron chi connectivity index (χ2n) is 6.39. The van der Waals surface area contributed by atoms with E-state index in [1.807, 2.05) is 32.9 Å². The van der Waals surface area contributed by atoms with Crippen LogP contribution in [0, 0.1) is 27.7 Å². The maximum atomic E-state index is 13.1. The second kappa shape index (κ2) is 5.82. The number of H-pyrrole nitrogens is 1. The molecule has 1 aliphatic heterocycles. The average molecular weight is 347 g/mol. The molecule has 0 amide bonds. The third-order valence-corrected chi connectivity index (χ3v) is 6.51. The van der Waals surface area contributed by atoms with Crippen LogP contribution in [0.5, 0.6) is 0 Å². The summed E-state index contributed by atoms with van der Waals surface area (Å²) in [5.74, 6) is 0.556. The van der Waals surface area contributed by atoms with Crippen molar-refractivity contribution in [2.75, 3.05) is 6.54 Å². The van der Waals surface area contributed by atoms with Gasteiger partial charge in [-0.1, -0.05) is 17.7 Å². The lowest BCUT2D eigenvalue weighted by atomic mass is 10.1. The summed E-state index contributed by atoms with van der Waals surface area (Å²) in [5.41, 5.74) is 3.38. The van der Waals surface area contributed by atoms with E-state index >= 15 is 0 Å². The number of nitrogens with zero attached hydrogens (tertiary/aromatic N) is 2. The Labute approximate surface area is 141 Å². The summed E-state index contributed by atoms with van der Waals surface area (Å²) >= 11 is 0. The fourth-order valence-corrected chi connectivity index (χ4v) is 5.25. The number of aromatic amines is 1. The van der Waals surface area contributed by atoms with Crippen LogP contribution in [0.1, 0.15) is 33.8 Å². The molecule has 2 heterocycles. The predicted molar refractivity (Wildman–Crippen MR) is 91.5 cm³/mol. The van der Waals surface area contributed by atoms with Crippen molar-refractivity contribution in [1.29, 1.82) is 0 Å². The van der Waals surface area contributed by atoms with E-state index in [4.69, 9.17) is 0 Å². The summed E-state index contributed by atoms with van der Waals surface area (Å²) < 4.78 is 27.6. The summed E-state index contributed by atoms with van der Waals surface area (Å²) in [7, 11) is -3.66. The number of sulfonamides is 1. The Kier molecular flexibility index (Phi) is 4.09. The summed E-state index contributed by atoms with van der Waals surface area (Å²) in [5, 5.41) is 0. The first-order chi connectivity index (χ1) is 11.2. The Morgan fingerprint density at radius 2 is 1.75 bits per heavy atom. The van der Waals surface area contributed by atoms with Crippen molar-refractivity contribution in [3.8, 4) is 0 Å². The van der Waals surface area contributed by atoms with Gasteiger partial charge in [-0.05, 0) is 38.8 Å². The molecule has 24 heavy (non-hydrogen) atoms. The molecule has 7 heteroatoms. The van der Waals surface area contributed by atoms with Crippen molar-refractivity contribution >= 4 is 10.0 Å². The monoisotopic (exact) mass is 347 g/mol. The Morgan fingerprint density at radius 1 is 1.12 bits per heavy atom. The molecule has 0 fully saturated rings. The lowest BCUT2D eigenvalue weighted by Gasteiger charge is -2.28. The van der Waals surface area contributed by atoms with Gasteiger partial charge < -0.3 is 4.98 Å². The van der Waals surface area contributed by atoms with Crippen LogP contribution in [-0.2, 0) is 23.0 Å². The van der Waals surface area contributed by atoms with Gasteiger partial charge in [0.25, 0.3) is 5.56 Å². The van der Waals surface area contributed by atoms with Gasteiger partial charge >= 0.3 is 0 Å². The number of aromatic nitrogens is 2. The number of hydrogen-bond acceptors (Lipinski definition) is 4. The van der Waals surface area contributed by atoms with Gasteiger partial charge in [0.1, 0.15) is 5.82 Å². The number of rotatable bonds is 2. The van der Waals surface area contributed by atoms with Crippen LogP contribution >= 0.6 is 0 Å². The summed E-state index contributed by atoms with van der Waals surface area (Å²) in [6.07, 6.45) is 0.448. The highest BCUT2D eigenvalue weighted by molar-refractivity contribution is 7.89. The normalized spacial score (nSPS) is 15.3. The van der Waals surface area contributed by atoms with Crippen LogP contribution in [0.4, 0.5) is 0 Å². The molecule has 0 unspecified atom stereocenters. The largest absolute Gasteiger partial charge is 0.310 e. The summed E-state index contributed by atoms with van der Waals surface area (Å²) in [4.78, 5) is 19.5. The van der Waals surface area contributed by atoms with E-state index in [9.17, 15) is 13.2 Å². The molecule has 0 bridgehead atoms. The molecule has 3 rings (SSSR count). The minimum absolute atomic E-state index is 0.0625. The fourth-order valence-electron chi connectivity index (χ4n) is 3.43. The van der Waals surface area contributed by atoms with E-state index in [1.165, 1.54) is 4.31 Å². The molecule has 128 valence electrons. The quantitative estimate of drug-likeness (QED) is 0.897. The lowest BCUT2D eigenvalue weighted by molar-refractivity contribution is 0.384. The third-order valence-electron chi connectivity index (χ3n) is 4.35. The minimum atomic E-state index is -3.66. The van der Waals surface area contributed by atoms with Crippen LogP contribution in [0.3, 0.4) is 0 Å². The Hall–Kier alpha value is -1.99. The highest BCUT2D eigenvalue weighted by Crippen LogP contribution is 2.28. The summed E-state index contributed by atoms with van der Waals surface area (Å²) in [6.45, 7) is 7.68. The number of benzene rings is 1. The lowest BCUT2D eigenvalue weighted by Crippen LogP contribution is -2.40. The van der Waals surface area contributed by atoms with Gasteiger partial charge in [-0.3, -0.25) is 4.79 Å². The molecule has 0 radical (unpaired) electrons. The van der Waals surface area contributed by atoms with E-state index < -0.39 is 10.0 Å². The molecule has 0 aliphatic carbocycles. The van der Waals surface area contributed by atoms with E-state index in [1.54, 1.807) is 6.92 Å². The molecule has 2 aromatic rings. The smallest absolute Gasteiger partial charge is 0.255 e. The second-order valence-corrected chi connectivity index (χ2v) is 8.27. The van der Waals surface area contributed by atoms with E-state index in [2.05, 4.69) is 9.97 Å². The van der Waals surface area contributed by atoms with Gasteiger partial charge in [0, 0.05) is 19.5 Å². The van der Waals surface area contributed by atoms with Crippen LogP contribution in [0.15, 0.2) is 21.8 Å². The molecular weight excluding hydrogens is 326 g/mol. The van der Waals surface area contributed by atoms with Gasteiger partial charge in [-0.15, -0.1) is 0 Å². The first-order valence-corrected chi connectivity index (χ1v) is 9.31. The molecule has 0 atom stereocenters. The van der Waals surface area contributed by atoms with Crippen molar-refractivity contribution in [3.05, 3.63) is 56.3 Å². The Balaban J connectivity index is 2.05. The van der Waals surface area contributed by atoms with Crippen molar-refractivity contribution in [1.82, 2.24) is 14.3 Å². The first-order valence-electron chi connectivity index (χ1n) is 7.87. The average Bonchev–Trinajstić information content (AvgIpc) is 2.45. The SMILES string of the molecule is Cc1cc(C)c(S(=O)(=O)N2CCc3nc(C)[nH]c(=O)c3C2)c(C)c1. The van der Waals surface area contributed by atoms with E-state index in [0.29, 0.717) is 34.9 Å². The van der Waals surface area contributed by atoms with Crippen LogP contribution in [0.2, 0.25) is 0 Å². The number of fused-ring (bicyclic) bond motifs is 1. The van der Waals surface area contributed by atoms with Gasteiger partial charge in [0.2, 0.25) is 10.0 Å². The fraction of sp³-hybridized carbons (Fsp3) is 0.412. The standard InChI is InChI=1S/C17H21N3O3S/c1-10-7-11(2)16(12(3)8-10)24(22,23)20-6-5-15-14(9-20)17(21)19-13(4)18-15/h7-8H,5-6,9H2,1-4H3,(H,18,19,21). The molecule has 0 spiro atoms. The maximum Gasteiger partial charge on any atom is 0.255 e. The molecule has 1 aliphatic rings. The van der Waals surface area contributed by atoms with Crippen LogP contribution in [-0.4, -0.2) is 29.2 Å².